The van der Waals surface area contributed by atoms with Crippen molar-refractivity contribution in [3.05, 3.63) is 66.2 Å². The topological polar surface area (TPSA) is 9.23 Å². The first kappa shape index (κ1) is 16.7. The quantitative estimate of drug-likeness (QED) is 0.219. The Balaban J connectivity index is 2.20. The van der Waals surface area contributed by atoms with Crippen LogP contribution in [0.25, 0.3) is 32.3 Å². The number of fused-ring (bicyclic) bond motifs is 5. The van der Waals surface area contributed by atoms with Gasteiger partial charge in [0.05, 0.1) is 7.11 Å². The third-order valence-corrected chi connectivity index (χ3v) is 5.50. The number of ether oxygens (including phenoxy) is 1. The summed E-state index contributed by atoms with van der Waals surface area (Å²) in [6, 6.07) is 21.5. The van der Waals surface area contributed by atoms with E-state index in [1.54, 1.807) is 7.11 Å². The summed E-state index contributed by atoms with van der Waals surface area (Å²) in [6.45, 7) is 6.85. The Kier molecular flexibility index (Phi) is 3.98. The Morgan fingerprint density at radius 2 is 1.54 bits per heavy atom. The van der Waals surface area contributed by atoms with E-state index in [2.05, 4.69) is 85.7 Å². The molecule has 0 aliphatic rings. The van der Waals surface area contributed by atoms with E-state index in [0.717, 1.165) is 11.3 Å². The van der Waals surface area contributed by atoms with Crippen molar-refractivity contribution < 1.29 is 4.74 Å². The summed E-state index contributed by atoms with van der Waals surface area (Å²) in [5.74, 6) is 4.40. The Morgan fingerprint density at radius 1 is 0.769 bits per heavy atom. The first-order chi connectivity index (χ1) is 12.5. The van der Waals surface area contributed by atoms with Gasteiger partial charge in [-0.2, -0.15) is 0 Å². The molecule has 4 aromatic rings. The first-order valence-corrected chi connectivity index (χ1v) is 12.4. The highest BCUT2D eigenvalue weighted by Crippen LogP contribution is 2.35. The maximum Gasteiger partial charge on any atom is 0.129 e. The predicted molar refractivity (Wildman–Crippen MR) is 116 cm³/mol. The van der Waals surface area contributed by atoms with Crippen molar-refractivity contribution >= 4 is 40.4 Å². The van der Waals surface area contributed by atoms with Gasteiger partial charge in [-0.3, -0.25) is 0 Å². The summed E-state index contributed by atoms with van der Waals surface area (Å²) >= 11 is 0. The third-order valence-electron chi connectivity index (χ3n) is 4.62. The van der Waals surface area contributed by atoms with E-state index in [4.69, 9.17) is 4.74 Å². The normalized spacial score (nSPS) is 11.5. The van der Waals surface area contributed by atoms with Crippen molar-refractivity contribution in [2.75, 3.05) is 7.11 Å². The van der Waals surface area contributed by atoms with Crippen molar-refractivity contribution in [1.29, 1.82) is 0 Å². The number of hydrogen-bond acceptors (Lipinski definition) is 1. The van der Waals surface area contributed by atoms with Crippen LogP contribution in [0, 0.1) is 11.5 Å². The number of rotatable bonds is 1. The molecule has 0 aromatic heterocycles. The van der Waals surface area contributed by atoms with Crippen LogP contribution in [-0.4, -0.2) is 15.2 Å². The molecule has 4 rings (SSSR count). The maximum atomic E-state index is 5.48. The van der Waals surface area contributed by atoms with E-state index in [9.17, 15) is 0 Å². The van der Waals surface area contributed by atoms with E-state index in [1.165, 1.54) is 32.3 Å². The van der Waals surface area contributed by atoms with Crippen LogP contribution in [0.1, 0.15) is 5.56 Å². The Morgan fingerprint density at radius 3 is 2.31 bits per heavy atom. The predicted octanol–water partition coefficient (Wildman–Crippen LogP) is 6.38. The second kappa shape index (κ2) is 6.19. The molecule has 0 spiro atoms. The SMILES string of the molecule is COc1ccc2ccc3c4ccccc4cc(C#C[Si](C)(C)C)c3c2c1. The minimum absolute atomic E-state index is 0.877. The third kappa shape index (κ3) is 2.96. The van der Waals surface area contributed by atoms with E-state index < -0.39 is 8.07 Å². The maximum absolute atomic E-state index is 5.48. The number of hydrogen-bond donors (Lipinski definition) is 0. The molecule has 1 nitrogen and oxygen atoms in total. The summed E-state index contributed by atoms with van der Waals surface area (Å²) in [4.78, 5) is 0. The summed E-state index contributed by atoms with van der Waals surface area (Å²) in [5, 5.41) is 7.40. The molecule has 0 amide bonds. The summed E-state index contributed by atoms with van der Waals surface area (Å²) in [5.41, 5.74) is 4.66. The van der Waals surface area contributed by atoms with E-state index in [1.807, 2.05) is 6.07 Å². The first-order valence-electron chi connectivity index (χ1n) is 8.92. The van der Waals surface area contributed by atoms with Crippen LogP contribution in [0.2, 0.25) is 19.6 Å². The van der Waals surface area contributed by atoms with Crippen molar-refractivity contribution in [1.82, 2.24) is 0 Å². The van der Waals surface area contributed by atoms with Crippen LogP contribution < -0.4 is 4.74 Å². The van der Waals surface area contributed by atoms with Gasteiger partial charge in [-0.25, -0.2) is 0 Å². The van der Waals surface area contributed by atoms with Crippen molar-refractivity contribution in [2.24, 2.45) is 0 Å². The van der Waals surface area contributed by atoms with Crippen molar-refractivity contribution in [2.45, 2.75) is 19.6 Å². The fourth-order valence-electron chi connectivity index (χ4n) is 3.39. The molecule has 26 heavy (non-hydrogen) atoms. The highest BCUT2D eigenvalue weighted by Gasteiger charge is 2.12. The van der Waals surface area contributed by atoms with Crippen LogP contribution in [0.4, 0.5) is 0 Å². The molecule has 0 saturated carbocycles. The number of methoxy groups -OCH3 is 1. The smallest absolute Gasteiger partial charge is 0.129 e. The molecule has 4 aromatic carbocycles. The monoisotopic (exact) mass is 354 g/mol. The van der Waals surface area contributed by atoms with E-state index in [0.29, 0.717) is 0 Å². The molecular formula is C24H22OSi. The average molecular weight is 355 g/mol. The second-order valence-electron chi connectivity index (χ2n) is 7.72. The fraction of sp³-hybridized carbons (Fsp3) is 0.167. The summed E-state index contributed by atoms with van der Waals surface area (Å²) in [7, 11) is 0.250. The van der Waals surface area contributed by atoms with Gasteiger partial charge in [0.1, 0.15) is 13.8 Å². The molecule has 0 radical (unpaired) electrons. The zero-order valence-electron chi connectivity index (χ0n) is 15.7. The summed E-state index contributed by atoms with van der Waals surface area (Å²) in [6.07, 6.45) is 0. The molecule has 0 N–H and O–H groups in total. The van der Waals surface area contributed by atoms with Gasteiger partial charge in [0.2, 0.25) is 0 Å². The standard InChI is InChI=1S/C24H22OSi/c1-25-20-11-9-17-10-12-22-21-8-6-5-7-18(21)15-19(13-14-26(2,3)4)24(22)23(17)16-20/h5-12,15-16H,1-4H3. The molecule has 128 valence electrons. The minimum atomic E-state index is -1.47. The van der Waals surface area contributed by atoms with Gasteiger partial charge in [0.15, 0.2) is 0 Å². The fourth-order valence-corrected chi connectivity index (χ4v) is 3.90. The molecule has 2 heteroatoms. The van der Waals surface area contributed by atoms with Crippen LogP contribution in [-0.2, 0) is 0 Å². The van der Waals surface area contributed by atoms with Crippen molar-refractivity contribution in [3.8, 4) is 17.2 Å². The van der Waals surface area contributed by atoms with Gasteiger partial charge >= 0.3 is 0 Å². The van der Waals surface area contributed by atoms with Gasteiger partial charge in [0.25, 0.3) is 0 Å². The Bertz CT molecular complexity index is 1200. The molecular weight excluding hydrogens is 332 g/mol. The highest BCUT2D eigenvalue weighted by atomic mass is 28.3. The molecule has 0 saturated heterocycles. The molecule has 0 atom stereocenters. The van der Waals surface area contributed by atoms with Crippen LogP contribution in [0.3, 0.4) is 0 Å². The van der Waals surface area contributed by atoms with E-state index >= 15 is 0 Å². The minimum Gasteiger partial charge on any atom is -0.497 e. The molecule has 0 unspecified atom stereocenters. The van der Waals surface area contributed by atoms with Gasteiger partial charge in [-0.05, 0) is 45.1 Å². The van der Waals surface area contributed by atoms with Crippen molar-refractivity contribution in [3.63, 3.8) is 0 Å². The Hall–Kier alpha value is -2.76. The molecule has 0 fully saturated rings. The highest BCUT2D eigenvalue weighted by molar-refractivity contribution is 6.83. The lowest BCUT2D eigenvalue weighted by atomic mass is 9.93. The Labute approximate surface area is 155 Å². The lowest BCUT2D eigenvalue weighted by molar-refractivity contribution is 0.415. The van der Waals surface area contributed by atoms with Gasteiger partial charge in [0, 0.05) is 10.9 Å². The van der Waals surface area contributed by atoms with Crippen LogP contribution >= 0.6 is 0 Å². The van der Waals surface area contributed by atoms with Crippen LogP contribution in [0.5, 0.6) is 5.75 Å². The molecule has 0 bridgehead atoms. The average Bonchev–Trinajstić information content (AvgIpc) is 2.64. The lowest BCUT2D eigenvalue weighted by Gasteiger charge is -2.12. The molecule has 0 aliphatic heterocycles. The van der Waals surface area contributed by atoms with E-state index in [-0.39, 0.29) is 0 Å². The largest absolute Gasteiger partial charge is 0.497 e. The molecule has 0 heterocycles. The van der Waals surface area contributed by atoms with Gasteiger partial charge in [-0.15, -0.1) is 5.54 Å². The lowest BCUT2D eigenvalue weighted by Crippen LogP contribution is -2.16. The number of benzene rings is 4. The zero-order valence-corrected chi connectivity index (χ0v) is 16.7. The van der Waals surface area contributed by atoms with Gasteiger partial charge in [-0.1, -0.05) is 68.0 Å². The summed E-state index contributed by atoms with van der Waals surface area (Å²) < 4.78 is 5.48. The second-order valence-corrected chi connectivity index (χ2v) is 12.5. The molecule has 0 aliphatic carbocycles. The van der Waals surface area contributed by atoms with Crippen LogP contribution in [0.15, 0.2) is 60.7 Å². The van der Waals surface area contributed by atoms with Gasteiger partial charge < -0.3 is 4.74 Å². The zero-order chi connectivity index (χ0) is 18.3.